The van der Waals surface area contributed by atoms with Crippen LogP contribution in [0.5, 0.6) is 0 Å². The summed E-state index contributed by atoms with van der Waals surface area (Å²) in [5.41, 5.74) is 5.93. The molecule has 1 heterocycles. The zero-order valence-corrected chi connectivity index (χ0v) is 8.96. The largest absolute Gasteiger partial charge is 0.385 e. The van der Waals surface area contributed by atoms with Gasteiger partial charge in [-0.1, -0.05) is 0 Å². The van der Waals surface area contributed by atoms with Crippen LogP contribution in [0.25, 0.3) is 0 Å². The van der Waals surface area contributed by atoms with E-state index in [9.17, 15) is 0 Å². The van der Waals surface area contributed by atoms with Gasteiger partial charge in [0.05, 0.1) is 6.61 Å². The first-order valence-electron chi connectivity index (χ1n) is 5.20. The highest BCUT2D eigenvalue weighted by molar-refractivity contribution is 4.87. The monoisotopic (exact) mass is 203 g/mol. The summed E-state index contributed by atoms with van der Waals surface area (Å²) in [4.78, 5) is 0. The van der Waals surface area contributed by atoms with Crippen molar-refractivity contribution in [1.82, 2.24) is 0 Å². The molecule has 0 spiro atoms. The Hall–Kier alpha value is -0.160. The number of hydrogen-bond donors (Lipinski definition) is 1. The molecule has 1 aliphatic heterocycles. The first-order chi connectivity index (χ1) is 6.77. The van der Waals surface area contributed by atoms with Crippen LogP contribution in [0.3, 0.4) is 0 Å². The molecule has 0 bridgehead atoms. The minimum absolute atomic E-state index is 0.138. The Kier molecular flexibility index (Phi) is 5.40. The van der Waals surface area contributed by atoms with E-state index < -0.39 is 0 Å². The quantitative estimate of drug-likeness (QED) is 0.614. The zero-order chi connectivity index (χ0) is 10.3. The Morgan fingerprint density at radius 2 is 2.21 bits per heavy atom. The predicted octanol–water partition coefficient (Wildman–Crippen LogP) is 0.547. The number of rotatable bonds is 7. The van der Waals surface area contributed by atoms with Gasteiger partial charge in [-0.25, -0.2) is 0 Å². The zero-order valence-electron chi connectivity index (χ0n) is 8.96. The van der Waals surface area contributed by atoms with E-state index in [1.807, 2.05) is 0 Å². The summed E-state index contributed by atoms with van der Waals surface area (Å²) in [6, 6.07) is 0. The average Bonchev–Trinajstić information content (AvgIpc) is 2.59. The minimum atomic E-state index is -0.138. The van der Waals surface area contributed by atoms with Gasteiger partial charge in [0.25, 0.3) is 0 Å². The molecule has 0 radical (unpaired) electrons. The molecule has 0 aromatic carbocycles. The van der Waals surface area contributed by atoms with Crippen molar-refractivity contribution in [3.8, 4) is 0 Å². The number of methoxy groups -OCH3 is 1. The fourth-order valence-corrected chi connectivity index (χ4v) is 1.50. The lowest BCUT2D eigenvalue weighted by atomic mass is 9.97. The van der Waals surface area contributed by atoms with Gasteiger partial charge in [0.1, 0.15) is 0 Å². The molecular weight excluding hydrogens is 182 g/mol. The molecule has 2 N–H and O–H groups in total. The van der Waals surface area contributed by atoms with E-state index in [1.54, 1.807) is 7.11 Å². The smallest absolute Gasteiger partial charge is 0.0647 e. The second-order valence-corrected chi connectivity index (χ2v) is 3.87. The van der Waals surface area contributed by atoms with Crippen molar-refractivity contribution in [2.45, 2.75) is 24.8 Å². The van der Waals surface area contributed by atoms with Gasteiger partial charge in [-0.3, -0.25) is 0 Å². The highest BCUT2D eigenvalue weighted by Gasteiger charge is 2.29. The van der Waals surface area contributed by atoms with Crippen LogP contribution in [0.1, 0.15) is 19.3 Å². The van der Waals surface area contributed by atoms with Gasteiger partial charge in [0, 0.05) is 39.1 Å². The summed E-state index contributed by atoms with van der Waals surface area (Å²) in [5.74, 6) is 0. The highest BCUT2D eigenvalue weighted by Crippen LogP contribution is 2.18. The first-order valence-corrected chi connectivity index (χ1v) is 5.20. The van der Waals surface area contributed by atoms with Crippen LogP contribution in [0.4, 0.5) is 0 Å². The molecule has 1 aliphatic rings. The molecule has 14 heavy (non-hydrogen) atoms. The minimum Gasteiger partial charge on any atom is -0.385 e. The first kappa shape index (κ1) is 11.9. The molecule has 0 aromatic heterocycles. The molecule has 0 aliphatic carbocycles. The Morgan fingerprint density at radius 3 is 2.86 bits per heavy atom. The third-order valence-electron chi connectivity index (χ3n) is 2.52. The van der Waals surface area contributed by atoms with Crippen LogP contribution in [-0.4, -0.2) is 45.7 Å². The molecule has 1 unspecified atom stereocenters. The molecule has 1 atom stereocenters. The Morgan fingerprint density at radius 1 is 1.36 bits per heavy atom. The lowest BCUT2D eigenvalue weighted by Gasteiger charge is -2.21. The van der Waals surface area contributed by atoms with Gasteiger partial charge in [-0.05, 0) is 19.3 Å². The summed E-state index contributed by atoms with van der Waals surface area (Å²) < 4.78 is 15.6. The maximum atomic E-state index is 6.07. The normalized spacial score (nSPS) is 27.0. The lowest BCUT2D eigenvalue weighted by Crippen LogP contribution is -2.41. The molecule has 0 amide bonds. The van der Waals surface area contributed by atoms with Gasteiger partial charge in [0.15, 0.2) is 0 Å². The third kappa shape index (κ3) is 4.37. The molecule has 1 fully saturated rings. The Labute approximate surface area is 85.7 Å². The van der Waals surface area contributed by atoms with Gasteiger partial charge in [0.2, 0.25) is 0 Å². The van der Waals surface area contributed by atoms with Gasteiger partial charge in [-0.15, -0.1) is 0 Å². The molecule has 1 rings (SSSR count). The SMILES string of the molecule is COCCCOCCC1(N)CCOC1. The van der Waals surface area contributed by atoms with Crippen LogP contribution in [0.2, 0.25) is 0 Å². The third-order valence-corrected chi connectivity index (χ3v) is 2.52. The van der Waals surface area contributed by atoms with E-state index in [2.05, 4.69) is 0 Å². The summed E-state index contributed by atoms with van der Waals surface area (Å²) in [6.07, 6.45) is 2.79. The Balaban J connectivity index is 1.92. The second kappa shape index (κ2) is 6.35. The molecule has 0 aromatic rings. The van der Waals surface area contributed by atoms with Crippen LogP contribution in [0, 0.1) is 0 Å². The van der Waals surface area contributed by atoms with Crippen molar-refractivity contribution in [3.05, 3.63) is 0 Å². The topological polar surface area (TPSA) is 53.7 Å². The maximum absolute atomic E-state index is 6.07. The van der Waals surface area contributed by atoms with E-state index in [4.69, 9.17) is 19.9 Å². The van der Waals surface area contributed by atoms with Gasteiger partial charge < -0.3 is 19.9 Å². The predicted molar refractivity (Wildman–Crippen MR) is 54.3 cm³/mol. The number of nitrogens with two attached hydrogens (primary N) is 1. The molecule has 84 valence electrons. The molecule has 4 heteroatoms. The second-order valence-electron chi connectivity index (χ2n) is 3.87. The van der Waals surface area contributed by atoms with E-state index >= 15 is 0 Å². The summed E-state index contributed by atoms with van der Waals surface area (Å²) in [5, 5.41) is 0. The van der Waals surface area contributed by atoms with Crippen LogP contribution in [0.15, 0.2) is 0 Å². The summed E-state index contributed by atoms with van der Waals surface area (Å²) in [6.45, 7) is 3.71. The lowest BCUT2D eigenvalue weighted by molar-refractivity contribution is 0.0864. The van der Waals surface area contributed by atoms with E-state index in [0.29, 0.717) is 6.61 Å². The van der Waals surface area contributed by atoms with E-state index in [-0.39, 0.29) is 5.54 Å². The summed E-state index contributed by atoms with van der Waals surface area (Å²) in [7, 11) is 1.70. The highest BCUT2D eigenvalue weighted by atomic mass is 16.5. The van der Waals surface area contributed by atoms with Crippen molar-refractivity contribution in [2.75, 3.05) is 40.1 Å². The fourth-order valence-electron chi connectivity index (χ4n) is 1.50. The average molecular weight is 203 g/mol. The molecule has 1 saturated heterocycles. The standard InChI is InChI=1S/C10H21NO3/c1-12-5-2-6-13-7-3-10(11)4-8-14-9-10/h2-9,11H2,1H3. The van der Waals surface area contributed by atoms with E-state index in [0.717, 1.165) is 45.7 Å². The van der Waals surface area contributed by atoms with Crippen LogP contribution in [-0.2, 0) is 14.2 Å². The van der Waals surface area contributed by atoms with Crippen molar-refractivity contribution in [1.29, 1.82) is 0 Å². The van der Waals surface area contributed by atoms with Crippen molar-refractivity contribution >= 4 is 0 Å². The van der Waals surface area contributed by atoms with Crippen molar-refractivity contribution < 1.29 is 14.2 Å². The fraction of sp³-hybridized carbons (Fsp3) is 1.00. The Bertz CT molecular complexity index is 146. The van der Waals surface area contributed by atoms with Crippen molar-refractivity contribution in [2.24, 2.45) is 5.73 Å². The summed E-state index contributed by atoms with van der Waals surface area (Å²) >= 11 is 0. The van der Waals surface area contributed by atoms with Crippen LogP contribution >= 0.6 is 0 Å². The number of hydrogen-bond acceptors (Lipinski definition) is 4. The molecule has 0 saturated carbocycles. The van der Waals surface area contributed by atoms with Gasteiger partial charge in [-0.2, -0.15) is 0 Å². The van der Waals surface area contributed by atoms with Gasteiger partial charge >= 0.3 is 0 Å². The maximum Gasteiger partial charge on any atom is 0.0647 e. The molecule has 4 nitrogen and oxygen atoms in total. The number of ether oxygens (including phenoxy) is 3. The van der Waals surface area contributed by atoms with Crippen LogP contribution < -0.4 is 5.73 Å². The van der Waals surface area contributed by atoms with E-state index in [1.165, 1.54) is 0 Å². The van der Waals surface area contributed by atoms with Crippen molar-refractivity contribution in [3.63, 3.8) is 0 Å². The molecular formula is C10H21NO3.